The lowest BCUT2D eigenvalue weighted by Crippen LogP contribution is -2.39. The molecule has 0 aliphatic carbocycles. The molecule has 0 bridgehead atoms. The van der Waals surface area contributed by atoms with Crippen molar-refractivity contribution in [3.05, 3.63) is 74.5 Å². The van der Waals surface area contributed by atoms with Gasteiger partial charge in [-0.3, -0.25) is 19.1 Å². The lowest BCUT2D eigenvalue weighted by molar-refractivity contribution is 0.102. The van der Waals surface area contributed by atoms with Gasteiger partial charge in [0.2, 0.25) is 0 Å². The highest BCUT2D eigenvalue weighted by molar-refractivity contribution is 6.03. The summed E-state index contributed by atoms with van der Waals surface area (Å²) in [6.45, 7) is 1.63. The Kier molecular flexibility index (Phi) is 4.06. The van der Waals surface area contributed by atoms with Crippen molar-refractivity contribution in [2.75, 3.05) is 5.32 Å². The van der Waals surface area contributed by atoms with Gasteiger partial charge < -0.3 is 14.8 Å². The molecule has 2 N–H and O–H groups in total. The fourth-order valence-corrected chi connectivity index (χ4v) is 2.08. The van der Waals surface area contributed by atoms with E-state index in [2.05, 4.69) is 20.4 Å². The number of anilines is 1. The Balaban J connectivity index is 1.92. The number of aromatic amines is 1. The summed E-state index contributed by atoms with van der Waals surface area (Å²) in [5, 5.41) is 6.06. The van der Waals surface area contributed by atoms with Crippen LogP contribution >= 0.6 is 0 Å². The maximum Gasteiger partial charge on any atom is 0.328 e. The molecule has 0 aliphatic rings. The molecule has 24 heavy (non-hydrogen) atoms. The molecule has 3 heterocycles. The normalized spacial score (nSPS) is 10.5. The third-order valence-electron chi connectivity index (χ3n) is 3.22. The van der Waals surface area contributed by atoms with Gasteiger partial charge in [-0.1, -0.05) is 11.2 Å². The second kappa shape index (κ2) is 6.32. The number of amides is 1. The molecule has 0 unspecified atom stereocenters. The number of aromatic nitrogens is 4. The predicted molar refractivity (Wildman–Crippen MR) is 83.9 cm³/mol. The minimum Gasteiger partial charge on any atom is -0.360 e. The Hall–Kier alpha value is -3.49. The number of carbonyl (C=O) groups is 1. The molecule has 122 valence electrons. The molecule has 3 rings (SSSR count). The molecule has 9 heteroatoms. The van der Waals surface area contributed by atoms with E-state index in [0.717, 1.165) is 10.8 Å². The molecule has 9 nitrogen and oxygen atoms in total. The van der Waals surface area contributed by atoms with Crippen molar-refractivity contribution < 1.29 is 9.32 Å². The van der Waals surface area contributed by atoms with E-state index in [9.17, 15) is 14.4 Å². The summed E-state index contributed by atoms with van der Waals surface area (Å²) in [7, 11) is 0. The standard InChI is InChI=1S/C15H13N5O4/c1-9-6-12(19-24-9)18-13(21)11-7-17-15(23)20(14(11)22)8-10-4-2-3-5-16-10/h2-7H,8H2,1H3,(H,17,23)(H,18,19,21). The fourth-order valence-electron chi connectivity index (χ4n) is 2.08. The van der Waals surface area contributed by atoms with Gasteiger partial charge >= 0.3 is 5.69 Å². The predicted octanol–water partition coefficient (Wildman–Crippen LogP) is 0.529. The minimum absolute atomic E-state index is 0.0425. The number of hydrogen-bond acceptors (Lipinski definition) is 6. The van der Waals surface area contributed by atoms with E-state index < -0.39 is 17.2 Å². The summed E-state index contributed by atoms with van der Waals surface area (Å²) in [6, 6.07) is 6.65. The fraction of sp³-hybridized carbons (Fsp3) is 0.133. The molecule has 0 spiro atoms. The first-order valence-electron chi connectivity index (χ1n) is 7.01. The van der Waals surface area contributed by atoms with E-state index in [1.165, 1.54) is 6.07 Å². The highest BCUT2D eigenvalue weighted by Crippen LogP contribution is 2.07. The molecule has 0 saturated heterocycles. The lowest BCUT2D eigenvalue weighted by Gasteiger charge is -2.06. The first kappa shape index (κ1) is 15.4. The van der Waals surface area contributed by atoms with E-state index in [0.29, 0.717) is 11.5 Å². The number of aryl methyl sites for hydroxylation is 1. The molecule has 0 aromatic carbocycles. The van der Waals surface area contributed by atoms with Crippen LogP contribution in [0.4, 0.5) is 5.82 Å². The van der Waals surface area contributed by atoms with Crippen molar-refractivity contribution in [2.24, 2.45) is 0 Å². The van der Waals surface area contributed by atoms with Gasteiger partial charge in [0.25, 0.3) is 11.5 Å². The molecular weight excluding hydrogens is 314 g/mol. The summed E-state index contributed by atoms with van der Waals surface area (Å²) in [5.41, 5.74) is -1.04. The number of hydrogen-bond donors (Lipinski definition) is 2. The molecule has 0 fully saturated rings. The monoisotopic (exact) mass is 327 g/mol. The topological polar surface area (TPSA) is 123 Å². The van der Waals surface area contributed by atoms with Crippen LogP contribution in [0.1, 0.15) is 21.8 Å². The van der Waals surface area contributed by atoms with Gasteiger partial charge in [-0.05, 0) is 19.1 Å². The molecule has 0 radical (unpaired) electrons. The molecule has 3 aromatic rings. The Bertz CT molecular complexity index is 987. The van der Waals surface area contributed by atoms with Crippen molar-refractivity contribution in [1.82, 2.24) is 19.7 Å². The summed E-state index contributed by atoms with van der Waals surface area (Å²) in [5.74, 6) is -0.00183. The number of carbonyl (C=O) groups excluding carboxylic acids is 1. The van der Waals surface area contributed by atoms with Crippen LogP contribution in [0, 0.1) is 6.92 Å². The largest absolute Gasteiger partial charge is 0.360 e. The Morgan fingerprint density at radius 2 is 2.21 bits per heavy atom. The number of nitrogens with zero attached hydrogens (tertiary/aromatic N) is 3. The number of nitrogens with one attached hydrogen (secondary N) is 2. The van der Waals surface area contributed by atoms with Crippen molar-refractivity contribution in [3.63, 3.8) is 0 Å². The summed E-state index contributed by atoms with van der Waals surface area (Å²) in [4.78, 5) is 43.0. The van der Waals surface area contributed by atoms with Crippen molar-refractivity contribution in [2.45, 2.75) is 13.5 Å². The van der Waals surface area contributed by atoms with Gasteiger partial charge in [0.1, 0.15) is 11.3 Å². The van der Waals surface area contributed by atoms with E-state index in [-0.39, 0.29) is 17.9 Å². The maximum atomic E-state index is 12.4. The van der Waals surface area contributed by atoms with Gasteiger partial charge in [-0.25, -0.2) is 4.79 Å². The van der Waals surface area contributed by atoms with Crippen LogP contribution in [0.25, 0.3) is 0 Å². The molecule has 0 saturated carbocycles. The smallest absolute Gasteiger partial charge is 0.328 e. The second-order valence-electron chi connectivity index (χ2n) is 5.00. The molecular formula is C15H13N5O4. The summed E-state index contributed by atoms with van der Waals surface area (Å²) >= 11 is 0. The molecule has 0 aliphatic heterocycles. The number of pyridine rings is 1. The zero-order valence-corrected chi connectivity index (χ0v) is 12.6. The van der Waals surface area contributed by atoms with Gasteiger partial charge in [0.15, 0.2) is 5.82 Å². The van der Waals surface area contributed by atoms with Crippen molar-refractivity contribution >= 4 is 11.7 Å². The number of H-pyrrole nitrogens is 1. The van der Waals surface area contributed by atoms with E-state index in [1.807, 2.05) is 0 Å². The van der Waals surface area contributed by atoms with Crippen LogP contribution in [0.5, 0.6) is 0 Å². The van der Waals surface area contributed by atoms with Crippen LogP contribution in [0.15, 0.2) is 50.8 Å². The van der Waals surface area contributed by atoms with Crippen molar-refractivity contribution in [1.29, 1.82) is 0 Å². The quantitative estimate of drug-likeness (QED) is 0.720. The average Bonchev–Trinajstić information content (AvgIpc) is 2.97. The minimum atomic E-state index is -0.720. The zero-order valence-electron chi connectivity index (χ0n) is 12.6. The lowest BCUT2D eigenvalue weighted by atomic mass is 10.3. The van der Waals surface area contributed by atoms with Crippen LogP contribution in [0.3, 0.4) is 0 Å². The van der Waals surface area contributed by atoms with Crippen LogP contribution in [-0.4, -0.2) is 25.6 Å². The Labute approximate surface area is 135 Å². The summed E-state index contributed by atoms with van der Waals surface area (Å²) < 4.78 is 5.75. The Morgan fingerprint density at radius 1 is 1.38 bits per heavy atom. The highest BCUT2D eigenvalue weighted by atomic mass is 16.5. The summed E-state index contributed by atoms with van der Waals surface area (Å²) in [6.07, 6.45) is 2.62. The number of rotatable bonds is 4. The highest BCUT2D eigenvalue weighted by Gasteiger charge is 2.16. The van der Waals surface area contributed by atoms with Crippen molar-refractivity contribution in [3.8, 4) is 0 Å². The molecule has 3 aromatic heterocycles. The molecule has 1 amide bonds. The zero-order chi connectivity index (χ0) is 17.1. The maximum absolute atomic E-state index is 12.4. The van der Waals surface area contributed by atoms with Crippen LogP contribution < -0.4 is 16.6 Å². The van der Waals surface area contributed by atoms with E-state index in [1.54, 1.807) is 31.3 Å². The van der Waals surface area contributed by atoms with Gasteiger partial charge in [0, 0.05) is 18.5 Å². The second-order valence-corrected chi connectivity index (χ2v) is 5.00. The van der Waals surface area contributed by atoms with E-state index >= 15 is 0 Å². The van der Waals surface area contributed by atoms with Gasteiger partial charge in [-0.15, -0.1) is 0 Å². The van der Waals surface area contributed by atoms with E-state index in [4.69, 9.17) is 4.52 Å². The Morgan fingerprint density at radius 3 is 2.88 bits per heavy atom. The molecule has 0 atom stereocenters. The SMILES string of the molecule is Cc1cc(NC(=O)c2c[nH]c(=O)n(Cc3ccccn3)c2=O)no1. The first-order valence-corrected chi connectivity index (χ1v) is 7.01. The average molecular weight is 327 g/mol. The third-order valence-corrected chi connectivity index (χ3v) is 3.22. The van der Waals surface area contributed by atoms with Gasteiger partial charge in [-0.2, -0.15) is 0 Å². The first-order chi connectivity index (χ1) is 11.5. The third kappa shape index (κ3) is 3.14. The van der Waals surface area contributed by atoms with Crippen LogP contribution in [0.2, 0.25) is 0 Å². The van der Waals surface area contributed by atoms with Crippen LogP contribution in [-0.2, 0) is 6.54 Å². The van der Waals surface area contributed by atoms with Gasteiger partial charge in [0.05, 0.1) is 12.2 Å².